The Labute approximate surface area is 102 Å². The molecule has 0 bridgehead atoms. The summed E-state index contributed by atoms with van der Waals surface area (Å²) in [6.07, 6.45) is 1.66. The third-order valence-corrected chi connectivity index (χ3v) is 2.57. The van der Waals surface area contributed by atoms with Gasteiger partial charge in [-0.15, -0.1) is 0 Å². The predicted octanol–water partition coefficient (Wildman–Crippen LogP) is 0.962. The number of nitrogens with two attached hydrogens (primary N) is 1. The van der Waals surface area contributed by atoms with E-state index in [1.54, 1.807) is 6.20 Å². The van der Waals surface area contributed by atoms with Gasteiger partial charge in [-0.1, -0.05) is 24.3 Å². The van der Waals surface area contributed by atoms with Gasteiger partial charge in [0.25, 0.3) is 0 Å². The number of anilines is 1. The molecule has 0 aliphatic heterocycles. The Balaban J connectivity index is 2.34. The highest BCUT2D eigenvalue weighted by Crippen LogP contribution is 2.22. The molecule has 0 unspecified atom stereocenters. The SMILES string of the molecule is Nc1nc(-c2nccc3ccccc23)[nH]c(=O)n1. The highest BCUT2D eigenvalue weighted by atomic mass is 16.1. The van der Waals surface area contributed by atoms with Gasteiger partial charge in [0.05, 0.1) is 0 Å². The fourth-order valence-electron chi connectivity index (χ4n) is 1.82. The maximum atomic E-state index is 11.3. The van der Waals surface area contributed by atoms with E-state index in [-0.39, 0.29) is 5.95 Å². The lowest BCUT2D eigenvalue weighted by Crippen LogP contribution is -2.15. The maximum absolute atomic E-state index is 11.3. The highest BCUT2D eigenvalue weighted by Gasteiger charge is 2.08. The van der Waals surface area contributed by atoms with E-state index < -0.39 is 5.69 Å². The monoisotopic (exact) mass is 239 g/mol. The van der Waals surface area contributed by atoms with Crippen LogP contribution in [0.5, 0.6) is 0 Å². The Morgan fingerprint density at radius 1 is 1.11 bits per heavy atom. The van der Waals surface area contributed by atoms with E-state index in [1.807, 2.05) is 30.3 Å². The van der Waals surface area contributed by atoms with E-state index in [4.69, 9.17) is 5.73 Å². The van der Waals surface area contributed by atoms with Crippen molar-refractivity contribution >= 4 is 16.7 Å². The number of nitrogens with one attached hydrogen (secondary N) is 1. The van der Waals surface area contributed by atoms with Gasteiger partial charge in [-0.25, -0.2) is 4.79 Å². The van der Waals surface area contributed by atoms with Crippen LogP contribution in [-0.2, 0) is 0 Å². The minimum absolute atomic E-state index is 0.0662. The zero-order chi connectivity index (χ0) is 12.5. The molecule has 0 fully saturated rings. The number of hydrogen-bond acceptors (Lipinski definition) is 5. The first-order valence-corrected chi connectivity index (χ1v) is 5.32. The van der Waals surface area contributed by atoms with Gasteiger partial charge in [-0.3, -0.25) is 9.97 Å². The molecule has 2 aromatic heterocycles. The van der Waals surface area contributed by atoms with Gasteiger partial charge in [0.1, 0.15) is 5.69 Å². The summed E-state index contributed by atoms with van der Waals surface area (Å²) in [7, 11) is 0. The van der Waals surface area contributed by atoms with Crippen LogP contribution in [-0.4, -0.2) is 19.9 Å². The molecule has 0 saturated carbocycles. The van der Waals surface area contributed by atoms with Gasteiger partial charge in [0, 0.05) is 11.6 Å². The third kappa shape index (κ3) is 1.69. The number of H-pyrrole nitrogens is 1. The number of nitrogens with zero attached hydrogens (tertiary/aromatic N) is 3. The first-order valence-electron chi connectivity index (χ1n) is 5.32. The molecule has 0 atom stereocenters. The largest absolute Gasteiger partial charge is 0.368 e. The molecular formula is C12H9N5O. The second-order valence-electron chi connectivity index (χ2n) is 3.74. The van der Waals surface area contributed by atoms with E-state index in [1.165, 1.54) is 0 Å². The predicted molar refractivity (Wildman–Crippen MR) is 67.8 cm³/mol. The van der Waals surface area contributed by atoms with Crippen molar-refractivity contribution < 1.29 is 0 Å². The van der Waals surface area contributed by atoms with E-state index in [0.29, 0.717) is 11.5 Å². The van der Waals surface area contributed by atoms with E-state index in [9.17, 15) is 4.79 Å². The number of aromatic nitrogens is 4. The number of hydrogen-bond donors (Lipinski definition) is 2. The molecule has 3 N–H and O–H groups in total. The van der Waals surface area contributed by atoms with E-state index >= 15 is 0 Å². The van der Waals surface area contributed by atoms with Crippen LogP contribution in [0.3, 0.4) is 0 Å². The molecule has 88 valence electrons. The van der Waals surface area contributed by atoms with Crippen molar-refractivity contribution in [3.63, 3.8) is 0 Å². The maximum Gasteiger partial charge on any atom is 0.349 e. The van der Waals surface area contributed by atoms with Crippen LogP contribution < -0.4 is 11.4 Å². The lowest BCUT2D eigenvalue weighted by Gasteiger charge is -2.04. The fraction of sp³-hybridized carbons (Fsp3) is 0. The normalized spacial score (nSPS) is 10.7. The van der Waals surface area contributed by atoms with Gasteiger partial charge < -0.3 is 5.73 Å². The van der Waals surface area contributed by atoms with Crippen molar-refractivity contribution in [1.29, 1.82) is 0 Å². The first-order chi connectivity index (χ1) is 8.74. The summed E-state index contributed by atoms with van der Waals surface area (Å²) >= 11 is 0. The molecule has 0 amide bonds. The smallest absolute Gasteiger partial charge is 0.349 e. The van der Waals surface area contributed by atoms with Crippen LogP contribution in [0.15, 0.2) is 41.3 Å². The number of pyridine rings is 1. The minimum atomic E-state index is -0.535. The van der Waals surface area contributed by atoms with Crippen LogP contribution in [0.1, 0.15) is 0 Å². The van der Waals surface area contributed by atoms with Crippen molar-refractivity contribution in [3.05, 3.63) is 47.0 Å². The van der Waals surface area contributed by atoms with E-state index in [0.717, 1.165) is 10.8 Å². The summed E-state index contributed by atoms with van der Waals surface area (Å²) in [5.41, 5.74) is 5.52. The zero-order valence-electron chi connectivity index (χ0n) is 9.29. The van der Waals surface area contributed by atoms with Gasteiger partial charge >= 0.3 is 5.69 Å². The summed E-state index contributed by atoms with van der Waals surface area (Å²) in [6.45, 7) is 0. The summed E-state index contributed by atoms with van der Waals surface area (Å²) in [5, 5.41) is 1.91. The topological polar surface area (TPSA) is 97.5 Å². The minimum Gasteiger partial charge on any atom is -0.368 e. The Bertz CT molecular complexity index is 775. The first kappa shape index (κ1) is 10.4. The summed E-state index contributed by atoms with van der Waals surface area (Å²) in [4.78, 5) is 25.6. The quantitative estimate of drug-likeness (QED) is 0.659. The Morgan fingerprint density at radius 3 is 2.78 bits per heavy atom. The van der Waals surface area contributed by atoms with Gasteiger partial charge in [0.2, 0.25) is 5.95 Å². The number of benzene rings is 1. The summed E-state index contributed by atoms with van der Waals surface area (Å²) in [6, 6.07) is 9.60. The second-order valence-corrected chi connectivity index (χ2v) is 3.74. The summed E-state index contributed by atoms with van der Waals surface area (Å²) < 4.78 is 0. The van der Waals surface area contributed by atoms with Crippen molar-refractivity contribution in [1.82, 2.24) is 19.9 Å². The fourth-order valence-corrected chi connectivity index (χ4v) is 1.82. The third-order valence-electron chi connectivity index (χ3n) is 2.57. The molecule has 3 aromatic rings. The van der Waals surface area contributed by atoms with Crippen molar-refractivity contribution in [3.8, 4) is 11.5 Å². The molecule has 0 saturated heterocycles. The van der Waals surface area contributed by atoms with Crippen LogP contribution in [0, 0.1) is 0 Å². The number of nitrogen functional groups attached to an aromatic ring is 1. The molecule has 2 heterocycles. The lowest BCUT2D eigenvalue weighted by molar-refractivity contribution is 1.00. The average Bonchev–Trinajstić information content (AvgIpc) is 2.37. The second kappa shape index (κ2) is 3.92. The van der Waals surface area contributed by atoms with Crippen molar-refractivity contribution in [2.75, 3.05) is 5.73 Å². The molecule has 18 heavy (non-hydrogen) atoms. The van der Waals surface area contributed by atoms with Crippen molar-refractivity contribution in [2.24, 2.45) is 0 Å². The molecular weight excluding hydrogens is 230 g/mol. The molecule has 6 heteroatoms. The molecule has 1 aromatic carbocycles. The lowest BCUT2D eigenvalue weighted by atomic mass is 10.1. The van der Waals surface area contributed by atoms with Gasteiger partial charge in [0.15, 0.2) is 5.82 Å². The van der Waals surface area contributed by atoms with Gasteiger partial charge in [-0.05, 0) is 11.5 Å². The van der Waals surface area contributed by atoms with Gasteiger partial charge in [-0.2, -0.15) is 9.97 Å². The molecule has 6 nitrogen and oxygen atoms in total. The summed E-state index contributed by atoms with van der Waals surface area (Å²) in [5.74, 6) is 0.257. The Morgan fingerprint density at radius 2 is 1.94 bits per heavy atom. The van der Waals surface area contributed by atoms with Crippen LogP contribution in [0.25, 0.3) is 22.3 Å². The Hall–Kier alpha value is -2.76. The van der Waals surface area contributed by atoms with Crippen LogP contribution in [0.4, 0.5) is 5.95 Å². The molecule has 3 rings (SSSR count). The number of rotatable bonds is 1. The standard InChI is InChI=1S/C12H9N5O/c13-11-15-10(16-12(18)17-11)9-8-4-2-1-3-7(8)5-6-14-9/h1-6H,(H3,13,15,16,17,18). The highest BCUT2D eigenvalue weighted by molar-refractivity contribution is 5.92. The van der Waals surface area contributed by atoms with Crippen molar-refractivity contribution in [2.45, 2.75) is 0 Å². The number of aromatic amines is 1. The van der Waals surface area contributed by atoms with E-state index in [2.05, 4.69) is 19.9 Å². The molecule has 0 spiro atoms. The average molecular weight is 239 g/mol. The van der Waals surface area contributed by atoms with Crippen LogP contribution >= 0.6 is 0 Å². The molecule has 0 aliphatic rings. The molecule has 0 aliphatic carbocycles. The number of fused-ring (bicyclic) bond motifs is 1. The molecule has 0 radical (unpaired) electrons. The zero-order valence-corrected chi connectivity index (χ0v) is 9.29. The Kier molecular flexibility index (Phi) is 2.26. The van der Waals surface area contributed by atoms with Crippen LogP contribution in [0.2, 0.25) is 0 Å².